The summed E-state index contributed by atoms with van der Waals surface area (Å²) in [5, 5.41) is 13.5. The topological polar surface area (TPSA) is 61.6 Å². The molecule has 0 spiro atoms. The van der Waals surface area contributed by atoms with Crippen LogP contribution in [0.3, 0.4) is 0 Å². The molecule has 5 heteroatoms. The zero-order valence-corrected chi connectivity index (χ0v) is 16.0. The molecule has 0 aliphatic heterocycles. The van der Waals surface area contributed by atoms with E-state index in [9.17, 15) is 5.26 Å². The minimum atomic E-state index is 0.447. The van der Waals surface area contributed by atoms with Gasteiger partial charge in [-0.2, -0.15) is 5.26 Å². The lowest BCUT2D eigenvalue weighted by Crippen LogP contribution is -2.07. The standard InChI is InChI=1S/C22H20N4S/c1-3-13-24-21-19(14-23)20(18-7-5-4-6-8-18)25-22(26-21)27-15-17-11-9-16(2)10-12-17/h3-12H,1,13,15H2,2H3,(H,24,25,26). The number of thioether (sulfide) groups is 1. The first kappa shape index (κ1) is 18.7. The van der Waals surface area contributed by atoms with Crippen LogP contribution in [0.5, 0.6) is 0 Å². The van der Waals surface area contributed by atoms with Gasteiger partial charge in [-0.25, -0.2) is 9.97 Å². The Kier molecular flexibility index (Phi) is 6.24. The third-order valence-corrected chi connectivity index (χ3v) is 4.87. The summed E-state index contributed by atoms with van der Waals surface area (Å²) in [5.41, 5.74) is 4.44. The summed E-state index contributed by atoms with van der Waals surface area (Å²) >= 11 is 1.56. The van der Waals surface area contributed by atoms with Gasteiger partial charge in [-0.1, -0.05) is 78.0 Å². The Balaban J connectivity index is 1.96. The minimum Gasteiger partial charge on any atom is -0.365 e. The van der Waals surface area contributed by atoms with Crippen molar-refractivity contribution in [3.63, 3.8) is 0 Å². The quantitative estimate of drug-likeness (QED) is 0.350. The molecule has 0 aliphatic carbocycles. The highest BCUT2D eigenvalue weighted by molar-refractivity contribution is 7.98. The maximum absolute atomic E-state index is 9.68. The highest BCUT2D eigenvalue weighted by atomic mass is 32.2. The van der Waals surface area contributed by atoms with Crippen LogP contribution in [0.2, 0.25) is 0 Å². The first-order valence-electron chi connectivity index (χ1n) is 8.62. The van der Waals surface area contributed by atoms with Crippen molar-refractivity contribution >= 4 is 17.6 Å². The van der Waals surface area contributed by atoms with Crippen molar-refractivity contribution in [2.75, 3.05) is 11.9 Å². The fourth-order valence-corrected chi connectivity index (χ4v) is 3.34. The molecule has 1 aromatic heterocycles. The molecular formula is C22H20N4S. The summed E-state index contributed by atoms with van der Waals surface area (Å²) in [7, 11) is 0. The molecule has 4 nitrogen and oxygen atoms in total. The Morgan fingerprint density at radius 2 is 1.85 bits per heavy atom. The zero-order chi connectivity index (χ0) is 19.1. The van der Waals surface area contributed by atoms with E-state index in [0.29, 0.717) is 28.8 Å². The van der Waals surface area contributed by atoms with Gasteiger partial charge in [-0.05, 0) is 12.5 Å². The number of nitrogens with one attached hydrogen (secondary N) is 1. The van der Waals surface area contributed by atoms with E-state index < -0.39 is 0 Å². The Labute approximate surface area is 164 Å². The van der Waals surface area contributed by atoms with E-state index in [1.165, 1.54) is 11.1 Å². The molecule has 0 saturated carbocycles. The zero-order valence-electron chi connectivity index (χ0n) is 15.1. The number of anilines is 1. The van der Waals surface area contributed by atoms with Crippen LogP contribution >= 0.6 is 11.8 Å². The molecule has 134 valence electrons. The van der Waals surface area contributed by atoms with Gasteiger partial charge in [0.25, 0.3) is 0 Å². The van der Waals surface area contributed by atoms with Crippen molar-refractivity contribution in [3.8, 4) is 17.3 Å². The number of aryl methyl sites for hydroxylation is 1. The molecule has 0 fully saturated rings. The van der Waals surface area contributed by atoms with Crippen LogP contribution in [0.1, 0.15) is 16.7 Å². The molecule has 0 atom stereocenters. The Hall–Kier alpha value is -3.10. The number of aromatic nitrogens is 2. The van der Waals surface area contributed by atoms with Gasteiger partial charge in [0.2, 0.25) is 0 Å². The minimum absolute atomic E-state index is 0.447. The van der Waals surface area contributed by atoms with Crippen LogP contribution in [0, 0.1) is 18.3 Å². The molecule has 0 aliphatic rings. The van der Waals surface area contributed by atoms with Gasteiger partial charge in [0.1, 0.15) is 17.5 Å². The fraction of sp³-hybridized carbons (Fsp3) is 0.136. The lowest BCUT2D eigenvalue weighted by molar-refractivity contribution is 0.963. The van der Waals surface area contributed by atoms with Crippen molar-refractivity contribution < 1.29 is 0 Å². The predicted molar refractivity (Wildman–Crippen MR) is 112 cm³/mol. The summed E-state index contributed by atoms with van der Waals surface area (Å²) in [5.74, 6) is 1.30. The van der Waals surface area contributed by atoms with Crippen LogP contribution in [-0.4, -0.2) is 16.5 Å². The van der Waals surface area contributed by atoms with Gasteiger partial charge in [0.05, 0.1) is 5.69 Å². The number of rotatable bonds is 7. The third kappa shape index (κ3) is 4.75. The van der Waals surface area contributed by atoms with Gasteiger partial charge < -0.3 is 5.32 Å². The summed E-state index contributed by atoms with van der Waals surface area (Å²) in [4.78, 5) is 9.25. The van der Waals surface area contributed by atoms with Crippen LogP contribution in [0.4, 0.5) is 5.82 Å². The Morgan fingerprint density at radius 1 is 1.11 bits per heavy atom. The van der Waals surface area contributed by atoms with Crippen molar-refractivity contribution in [1.29, 1.82) is 5.26 Å². The van der Waals surface area contributed by atoms with Crippen molar-refractivity contribution in [2.45, 2.75) is 17.8 Å². The second-order valence-electron chi connectivity index (χ2n) is 6.00. The van der Waals surface area contributed by atoms with Gasteiger partial charge in [-0.15, -0.1) is 6.58 Å². The van der Waals surface area contributed by atoms with E-state index >= 15 is 0 Å². The Morgan fingerprint density at radius 3 is 2.52 bits per heavy atom. The average Bonchev–Trinajstić information content (AvgIpc) is 2.72. The second-order valence-corrected chi connectivity index (χ2v) is 6.94. The summed E-state index contributed by atoms with van der Waals surface area (Å²) < 4.78 is 0. The maximum atomic E-state index is 9.68. The average molecular weight is 372 g/mol. The molecule has 2 aromatic carbocycles. The smallest absolute Gasteiger partial charge is 0.190 e. The van der Waals surface area contributed by atoms with Crippen LogP contribution in [-0.2, 0) is 5.75 Å². The van der Waals surface area contributed by atoms with E-state index in [0.717, 1.165) is 11.3 Å². The fourth-order valence-electron chi connectivity index (χ4n) is 2.54. The van der Waals surface area contributed by atoms with Crippen molar-refractivity contribution in [3.05, 3.63) is 83.9 Å². The largest absolute Gasteiger partial charge is 0.365 e. The summed E-state index contributed by atoms with van der Waals surface area (Å²) in [6, 6.07) is 20.4. The monoisotopic (exact) mass is 372 g/mol. The van der Waals surface area contributed by atoms with Gasteiger partial charge in [-0.3, -0.25) is 0 Å². The first-order chi connectivity index (χ1) is 13.2. The maximum Gasteiger partial charge on any atom is 0.190 e. The molecule has 1 heterocycles. The molecule has 0 amide bonds. The van der Waals surface area contributed by atoms with E-state index in [1.54, 1.807) is 17.8 Å². The Bertz CT molecular complexity index is 960. The molecule has 27 heavy (non-hydrogen) atoms. The predicted octanol–water partition coefficient (Wildman–Crippen LogP) is 5.21. The van der Waals surface area contributed by atoms with E-state index in [-0.39, 0.29) is 0 Å². The third-order valence-electron chi connectivity index (χ3n) is 3.95. The molecule has 3 aromatic rings. The van der Waals surface area contributed by atoms with Crippen molar-refractivity contribution in [2.24, 2.45) is 0 Å². The van der Waals surface area contributed by atoms with Crippen molar-refractivity contribution in [1.82, 2.24) is 9.97 Å². The highest BCUT2D eigenvalue weighted by Gasteiger charge is 2.16. The molecule has 0 radical (unpaired) electrons. The summed E-state index contributed by atoms with van der Waals surface area (Å²) in [6.45, 7) is 6.33. The van der Waals surface area contributed by atoms with Gasteiger partial charge in [0.15, 0.2) is 5.16 Å². The lowest BCUT2D eigenvalue weighted by atomic mass is 10.1. The number of hydrogen-bond donors (Lipinski definition) is 1. The first-order valence-corrected chi connectivity index (χ1v) is 9.60. The number of hydrogen-bond acceptors (Lipinski definition) is 5. The molecule has 0 saturated heterocycles. The van der Waals surface area contributed by atoms with E-state index in [1.807, 2.05) is 30.3 Å². The molecule has 1 N–H and O–H groups in total. The van der Waals surface area contributed by atoms with Gasteiger partial charge >= 0.3 is 0 Å². The second kappa shape index (κ2) is 9.02. The molecule has 0 bridgehead atoms. The number of nitriles is 1. The van der Waals surface area contributed by atoms with E-state index in [4.69, 9.17) is 0 Å². The highest BCUT2D eigenvalue weighted by Crippen LogP contribution is 2.30. The lowest BCUT2D eigenvalue weighted by Gasteiger charge is -2.12. The number of nitrogens with zero attached hydrogens (tertiary/aromatic N) is 3. The molecule has 0 unspecified atom stereocenters. The van der Waals surface area contributed by atoms with Crippen LogP contribution in [0.25, 0.3) is 11.3 Å². The number of benzene rings is 2. The van der Waals surface area contributed by atoms with Crippen LogP contribution in [0.15, 0.2) is 72.4 Å². The van der Waals surface area contributed by atoms with Crippen LogP contribution < -0.4 is 5.32 Å². The molecular weight excluding hydrogens is 352 g/mol. The SMILES string of the molecule is C=CCNc1nc(SCc2ccc(C)cc2)nc(-c2ccccc2)c1C#N. The normalized spacial score (nSPS) is 10.2. The van der Waals surface area contributed by atoms with E-state index in [2.05, 4.69) is 59.1 Å². The summed E-state index contributed by atoms with van der Waals surface area (Å²) in [6.07, 6.45) is 1.74. The molecule has 3 rings (SSSR count). The van der Waals surface area contributed by atoms with Gasteiger partial charge in [0, 0.05) is 17.9 Å².